The summed E-state index contributed by atoms with van der Waals surface area (Å²) in [4.78, 5) is 70.8. The van der Waals surface area contributed by atoms with Crippen molar-refractivity contribution >= 4 is 35.6 Å². The summed E-state index contributed by atoms with van der Waals surface area (Å²) in [7, 11) is 0. The summed E-state index contributed by atoms with van der Waals surface area (Å²) in [6.07, 6.45) is -3.13. The zero-order chi connectivity index (χ0) is 25.9. The molecule has 0 aliphatic carbocycles. The quantitative estimate of drug-likeness (QED) is 0.124. The van der Waals surface area contributed by atoms with Gasteiger partial charge < -0.3 is 42.1 Å². The maximum absolute atomic E-state index is 12.6. The van der Waals surface area contributed by atoms with Gasteiger partial charge in [0.15, 0.2) is 0 Å². The predicted octanol–water partition coefficient (Wildman–Crippen LogP) is -2.38. The van der Waals surface area contributed by atoms with E-state index < -0.39 is 85.2 Å². The fourth-order valence-electron chi connectivity index (χ4n) is 2.65. The number of nitrogens with one attached hydrogen (secondary N) is 3. The third-order valence-electron chi connectivity index (χ3n) is 4.44. The van der Waals surface area contributed by atoms with Gasteiger partial charge in [0.2, 0.25) is 17.7 Å². The number of carboxylic acids is 3. The number of amides is 3. The number of rotatable bonds is 15. The van der Waals surface area contributed by atoms with Crippen LogP contribution in [0.25, 0.3) is 0 Å². The molecule has 0 rings (SSSR count). The van der Waals surface area contributed by atoms with Gasteiger partial charge in [-0.1, -0.05) is 13.8 Å². The molecule has 9 N–H and O–H groups in total. The molecule has 3 amide bonds. The Balaban J connectivity index is 5.61. The lowest BCUT2D eigenvalue weighted by Crippen LogP contribution is -2.58. The van der Waals surface area contributed by atoms with E-state index in [4.69, 9.17) is 15.9 Å². The van der Waals surface area contributed by atoms with Gasteiger partial charge in [0.1, 0.15) is 24.2 Å². The van der Waals surface area contributed by atoms with Crippen molar-refractivity contribution in [3.05, 3.63) is 0 Å². The van der Waals surface area contributed by atoms with Crippen LogP contribution in [0.2, 0.25) is 0 Å². The first-order valence-electron chi connectivity index (χ1n) is 10.2. The number of carbonyl (C=O) groups excluding carboxylic acids is 3. The Morgan fingerprint density at radius 1 is 0.758 bits per heavy atom. The largest absolute Gasteiger partial charge is 0.481 e. The standard InChI is InChI=1S/C19H32N4O10/c1-8(2)6-12(19(32)33)23-16(29)10(4-5-13(25)26)21-17(30)11(7-14(27)28)22-18(31)15(20)9(3)24/h8-12,15,24H,4-7,20H2,1-3H3,(H,21,30)(H,22,31)(H,23,29)(H,25,26)(H,27,28)(H,32,33). The predicted molar refractivity (Wildman–Crippen MR) is 112 cm³/mol. The van der Waals surface area contributed by atoms with Crippen LogP contribution < -0.4 is 21.7 Å². The third kappa shape index (κ3) is 11.8. The molecular formula is C19H32N4O10. The van der Waals surface area contributed by atoms with E-state index in [1.165, 1.54) is 6.92 Å². The minimum atomic E-state index is -1.70. The highest BCUT2D eigenvalue weighted by Gasteiger charge is 2.32. The molecule has 0 saturated heterocycles. The van der Waals surface area contributed by atoms with Crippen LogP contribution in [0.1, 0.15) is 46.5 Å². The van der Waals surface area contributed by atoms with Crippen molar-refractivity contribution in [3.8, 4) is 0 Å². The molecule has 0 aliphatic rings. The molecule has 0 aliphatic heterocycles. The molecule has 0 heterocycles. The van der Waals surface area contributed by atoms with Crippen LogP contribution in [-0.2, 0) is 28.8 Å². The fraction of sp³-hybridized carbons (Fsp3) is 0.684. The first-order chi connectivity index (χ1) is 15.1. The highest BCUT2D eigenvalue weighted by atomic mass is 16.4. The monoisotopic (exact) mass is 476 g/mol. The molecule has 5 unspecified atom stereocenters. The maximum atomic E-state index is 12.6. The second-order valence-electron chi connectivity index (χ2n) is 7.95. The van der Waals surface area contributed by atoms with E-state index in [0.29, 0.717) is 0 Å². The van der Waals surface area contributed by atoms with Crippen LogP contribution in [-0.4, -0.2) is 86.3 Å². The van der Waals surface area contributed by atoms with Crippen LogP contribution in [0.5, 0.6) is 0 Å². The van der Waals surface area contributed by atoms with Crippen LogP contribution in [0.4, 0.5) is 0 Å². The number of hydrogen-bond acceptors (Lipinski definition) is 8. The summed E-state index contributed by atoms with van der Waals surface area (Å²) in [5.41, 5.74) is 5.47. The fourth-order valence-corrected chi connectivity index (χ4v) is 2.65. The molecular weight excluding hydrogens is 444 g/mol. The van der Waals surface area contributed by atoms with Crippen LogP contribution in [0.15, 0.2) is 0 Å². The van der Waals surface area contributed by atoms with E-state index in [2.05, 4.69) is 16.0 Å². The molecule has 0 fully saturated rings. The topological polar surface area (TPSA) is 245 Å². The molecule has 0 radical (unpaired) electrons. The molecule has 5 atom stereocenters. The number of aliphatic hydroxyl groups is 1. The van der Waals surface area contributed by atoms with Crippen LogP contribution in [0.3, 0.4) is 0 Å². The summed E-state index contributed by atoms with van der Waals surface area (Å²) in [5.74, 6) is -7.35. The Hall–Kier alpha value is -3.26. The second-order valence-corrected chi connectivity index (χ2v) is 7.95. The van der Waals surface area contributed by atoms with Gasteiger partial charge in [0.25, 0.3) is 0 Å². The first kappa shape index (κ1) is 29.7. The van der Waals surface area contributed by atoms with E-state index in [1.54, 1.807) is 13.8 Å². The maximum Gasteiger partial charge on any atom is 0.326 e. The lowest BCUT2D eigenvalue weighted by Gasteiger charge is -2.25. The summed E-state index contributed by atoms with van der Waals surface area (Å²) in [6.45, 7) is 4.66. The van der Waals surface area contributed by atoms with E-state index in [1.807, 2.05) is 0 Å². The van der Waals surface area contributed by atoms with E-state index >= 15 is 0 Å². The Morgan fingerprint density at radius 3 is 1.67 bits per heavy atom. The average Bonchev–Trinajstić information content (AvgIpc) is 2.67. The number of carboxylic acid groups (broad SMARTS) is 3. The van der Waals surface area contributed by atoms with Gasteiger partial charge in [0, 0.05) is 6.42 Å². The Morgan fingerprint density at radius 2 is 1.24 bits per heavy atom. The molecule has 0 aromatic rings. The van der Waals surface area contributed by atoms with Crippen molar-refractivity contribution in [1.29, 1.82) is 0 Å². The van der Waals surface area contributed by atoms with E-state index in [9.17, 15) is 39.0 Å². The second kappa shape index (κ2) is 14.0. The minimum Gasteiger partial charge on any atom is -0.481 e. The number of aliphatic hydroxyl groups excluding tert-OH is 1. The number of aliphatic carboxylic acids is 3. The average molecular weight is 476 g/mol. The summed E-state index contributed by atoms with van der Waals surface area (Å²) < 4.78 is 0. The smallest absolute Gasteiger partial charge is 0.326 e. The van der Waals surface area contributed by atoms with E-state index in [0.717, 1.165) is 0 Å². The van der Waals surface area contributed by atoms with Gasteiger partial charge in [-0.3, -0.25) is 24.0 Å². The lowest BCUT2D eigenvalue weighted by atomic mass is 10.0. The third-order valence-corrected chi connectivity index (χ3v) is 4.44. The molecule has 0 spiro atoms. The Kier molecular flexibility index (Phi) is 12.6. The molecule has 14 heteroatoms. The van der Waals surface area contributed by atoms with Crippen molar-refractivity contribution in [2.75, 3.05) is 0 Å². The van der Waals surface area contributed by atoms with Gasteiger partial charge in [-0.2, -0.15) is 0 Å². The lowest BCUT2D eigenvalue weighted by molar-refractivity contribution is -0.144. The van der Waals surface area contributed by atoms with E-state index in [-0.39, 0.29) is 12.3 Å². The minimum absolute atomic E-state index is 0.0651. The highest BCUT2D eigenvalue weighted by Crippen LogP contribution is 2.07. The molecule has 0 bridgehead atoms. The highest BCUT2D eigenvalue weighted by molar-refractivity contribution is 5.95. The molecule has 0 aromatic carbocycles. The number of carbonyl (C=O) groups is 6. The van der Waals surface area contributed by atoms with Crippen molar-refractivity contribution in [2.24, 2.45) is 11.7 Å². The zero-order valence-corrected chi connectivity index (χ0v) is 18.6. The number of nitrogens with two attached hydrogens (primary N) is 1. The first-order valence-corrected chi connectivity index (χ1v) is 10.2. The summed E-state index contributed by atoms with van der Waals surface area (Å²) in [6, 6.07) is -6.00. The Labute approximate surface area is 189 Å². The van der Waals surface area contributed by atoms with Crippen LogP contribution >= 0.6 is 0 Å². The Bertz CT molecular complexity index is 740. The summed E-state index contributed by atoms with van der Waals surface area (Å²) >= 11 is 0. The molecule has 0 saturated carbocycles. The van der Waals surface area contributed by atoms with Gasteiger partial charge in [0.05, 0.1) is 12.5 Å². The van der Waals surface area contributed by atoms with Gasteiger partial charge in [-0.15, -0.1) is 0 Å². The molecule has 14 nitrogen and oxygen atoms in total. The molecule has 188 valence electrons. The van der Waals surface area contributed by atoms with Crippen molar-refractivity contribution in [2.45, 2.75) is 76.7 Å². The zero-order valence-electron chi connectivity index (χ0n) is 18.6. The number of hydrogen-bond donors (Lipinski definition) is 8. The SMILES string of the molecule is CC(C)CC(NC(=O)C(CCC(=O)O)NC(=O)C(CC(=O)O)NC(=O)C(N)C(C)O)C(=O)O. The van der Waals surface area contributed by atoms with Gasteiger partial charge >= 0.3 is 17.9 Å². The van der Waals surface area contributed by atoms with Gasteiger partial charge in [-0.05, 0) is 25.7 Å². The van der Waals surface area contributed by atoms with Crippen molar-refractivity contribution in [1.82, 2.24) is 16.0 Å². The van der Waals surface area contributed by atoms with Crippen molar-refractivity contribution in [3.63, 3.8) is 0 Å². The summed E-state index contributed by atoms with van der Waals surface area (Å²) in [5, 5.41) is 43.1. The van der Waals surface area contributed by atoms with Gasteiger partial charge in [-0.25, -0.2) is 4.79 Å². The molecule has 33 heavy (non-hydrogen) atoms. The van der Waals surface area contributed by atoms with Crippen molar-refractivity contribution < 1.29 is 49.2 Å². The van der Waals surface area contributed by atoms with Crippen LogP contribution in [0, 0.1) is 5.92 Å². The molecule has 0 aromatic heterocycles. The normalized spacial score (nSPS) is 15.5.